The van der Waals surface area contributed by atoms with Gasteiger partial charge in [0.05, 0.1) is 17.1 Å². The van der Waals surface area contributed by atoms with E-state index in [0.29, 0.717) is 12.5 Å². The lowest BCUT2D eigenvalue weighted by Gasteiger charge is -2.24. The highest BCUT2D eigenvalue weighted by Gasteiger charge is 2.30. The standard InChI is InChI=1S/C15H26N4O2/c1-10-13(16)11(2)19(17-10)9-12-6-7-18(8-12)14(20)21-15(3,4)5/h12H,6-9,16H2,1-5H3. The van der Waals surface area contributed by atoms with Crippen LogP contribution in [0.25, 0.3) is 0 Å². The van der Waals surface area contributed by atoms with Crippen molar-refractivity contribution in [1.29, 1.82) is 0 Å². The molecule has 0 bridgehead atoms. The third-order valence-corrected chi connectivity index (χ3v) is 3.81. The number of ether oxygens (including phenoxy) is 1. The zero-order valence-corrected chi connectivity index (χ0v) is 13.6. The number of anilines is 1. The minimum atomic E-state index is -0.445. The van der Waals surface area contributed by atoms with Crippen molar-refractivity contribution >= 4 is 11.8 Å². The fourth-order valence-corrected chi connectivity index (χ4v) is 2.61. The first-order chi connectivity index (χ1) is 9.67. The summed E-state index contributed by atoms with van der Waals surface area (Å²) < 4.78 is 7.36. The van der Waals surface area contributed by atoms with Gasteiger partial charge in [-0.3, -0.25) is 4.68 Å². The molecule has 2 heterocycles. The summed E-state index contributed by atoms with van der Waals surface area (Å²) in [4.78, 5) is 13.8. The van der Waals surface area contributed by atoms with E-state index < -0.39 is 5.60 Å². The quantitative estimate of drug-likeness (QED) is 0.908. The van der Waals surface area contributed by atoms with Crippen LogP contribution in [0.1, 0.15) is 38.6 Å². The smallest absolute Gasteiger partial charge is 0.410 e. The van der Waals surface area contributed by atoms with Crippen molar-refractivity contribution in [1.82, 2.24) is 14.7 Å². The highest BCUT2D eigenvalue weighted by Crippen LogP contribution is 2.23. The van der Waals surface area contributed by atoms with Gasteiger partial charge in [-0.25, -0.2) is 4.79 Å². The van der Waals surface area contributed by atoms with Crippen LogP contribution in [0.5, 0.6) is 0 Å². The number of likely N-dealkylation sites (tertiary alicyclic amines) is 1. The van der Waals surface area contributed by atoms with E-state index >= 15 is 0 Å². The summed E-state index contributed by atoms with van der Waals surface area (Å²) in [6, 6.07) is 0. The SMILES string of the molecule is Cc1nn(CC2CCN(C(=O)OC(C)(C)C)C2)c(C)c1N. The van der Waals surface area contributed by atoms with E-state index in [4.69, 9.17) is 10.5 Å². The van der Waals surface area contributed by atoms with E-state index in [0.717, 1.165) is 36.6 Å². The van der Waals surface area contributed by atoms with Crippen molar-refractivity contribution in [2.24, 2.45) is 5.92 Å². The molecule has 0 aliphatic carbocycles. The van der Waals surface area contributed by atoms with Crippen LogP contribution in [0.3, 0.4) is 0 Å². The largest absolute Gasteiger partial charge is 0.444 e. The van der Waals surface area contributed by atoms with E-state index in [9.17, 15) is 4.79 Å². The number of amides is 1. The lowest BCUT2D eigenvalue weighted by atomic mass is 10.1. The molecule has 0 radical (unpaired) electrons. The Balaban J connectivity index is 1.93. The zero-order chi connectivity index (χ0) is 15.8. The van der Waals surface area contributed by atoms with Crippen LogP contribution >= 0.6 is 0 Å². The Morgan fingerprint density at radius 3 is 2.62 bits per heavy atom. The number of aromatic nitrogens is 2. The molecule has 0 spiro atoms. The van der Waals surface area contributed by atoms with Gasteiger partial charge in [0.15, 0.2) is 0 Å². The van der Waals surface area contributed by atoms with Crippen LogP contribution in [-0.4, -0.2) is 39.5 Å². The molecule has 2 rings (SSSR count). The Morgan fingerprint density at radius 1 is 1.43 bits per heavy atom. The zero-order valence-electron chi connectivity index (χ0n) is 13.6. The number of hydrogen-bond donors (Lipinski definition) is 1. The number of nitrogen functional groups attached to an aromatic ring is 1. The molecule has 1 amide bonds. The predicted molar refractivity (Wildman–Crippen MR) is 82.0 cm³/mol. The Labute approximate surface area is 126 Å². The molecule has 1 aromatic rings. The van der Waals surface area contributed by atoms with E-state index in [-0.39, 0.29) is 6.09 Å². The lowest BCUT2D eigenvalue weighted by molar-refractivity contribution is 0.0286. The van der Waals surface area contributed by atoms with Crippen molar-refractivity contribution in [3.05, 3.63) is 11.4 Å². The Bertz CT molecular complexity index is 531. The van der Waals surface area contributed by atoms with Gasteiger partial charge < -0.3 is 15.4 Å². The van der Waals surface area contributed by atoms with E-state index in [1.807, 2.05) is 39.3 Å². The van der Waals surface area contributed by atoms with Crippen LogP contribution in [0.15, 0.2) is 0 Å². The molecular weight excluding hydrogens is 268 g/mol. The highest BCUT2D eigenvalue weighted by molar-refractivity contribution is 5.68. The Morgan fingerprint density at radius 2 is 2.10 bits per heavy atom. The molecule has 1 fully saturated rings. The third kappa shape index (κ3) is 3.68. The van der Waals surface area contributed by atoms with Crippen molar-refractivity contribution in [3.8, 4) is 0 Å². The number of carbonyl (C=O) groups is 1. The second-order valence-electron chi connectivity index (χ2n) is 6.85. The third-order valence-electron chi connectivity index (χ3n) is 3.81. The summed E-state index contributed by atoms with van der Waals surface area (Å²) in [6.45, 7) is 11.8. The van der Waals surface area contributed by atoms with E-state index in [2.05, 4.69) is 5.10 Å². The monoisotopic (exact) mass is 294 g/mol. The van der Waals surface area contributed by atoms with Gasteiger partial charge in [0.2, 0.25) is 0 Å². The maximum Gasteiger partial charge on any atom is 0.410 e. The number of aryl methyl sites for hydroxylation is 1. The molecule has 1 atom stereocenters. The molecule has 1 aliphatic rings. The van der Waals surface area contributed by atoms with Crippen molar-refractivity contribution in [3.63, 3.8) is 0 Å². The molecule has 1 aromatic heterocycles. The first-order valence-electron chi connectivity index (χ1n) is 7.45. The number of rotatable bonds is 2. The summed E-state index contributed by atoms with van der Waals surface area (Å²) in [5, 5.41) is 4.46. The van der Waals surface area contributed by atoms with Gasteiger partial charge >= 0.3 is 6.09 Å². The maximum absolute atomic E-state index is 12.0. The number of carbonyl (C=O) groups excluding carboxylic acids is 1. The number of nitrogens with zero attached hydrogens (tertiary/aromatic N) is 3. The molecule has 21 heavy (non-hydrogen) atoms. The van der Waals surface area contributed by atoms with Gasteiger partial charge in [-0.2, -0.15) is 5.10 Å². The molecule has 6 heteroatoms. The average Bonchev–Trinajstić information content (AvgIpc) is 2.90. The molecule has 2 N–H and O–H groups in total. The van der Waals surface area contributed by atoms with Crippen LogP contribution < -0.4 is 5.73 Å². The van der Waals surface area contributed by atoms with E-state index in [1.54, 1.807) is 4.90 Å². The number of nitrogens with two attached hydrogens (primary N) is 1. The normalized spacial score (nSPS) is 19.1. The van der Waals surface area contributed by atoms with Crippen LogP contribution in [0.4, 0.5) is 10.5 Å². The topological polar surface area (TPSA) is 73.4 Å². The van der Waals surface area contributed by atoms with Gasteiger partial charge in [-0.15, -0.1) is 0 Å². The highest BCUT2D eigenvalue weighted by atomic mass is 16.6. The van der Waals surface area contributed by atoms with Gasteiger partial charge in [-0.05, 0) is 47.0 Å². The second-order valence-corrected chi connectivity index (χ2v) is 6.85. The fourth-order valence-electron chi connectivity index (χ4n) is 2.61. The predicted octanol–water partition coefficient (Wildman–Crippen LogP) is 2.34. The fraction of sp³-hybridized carbons (Fsp3) is 0.733. The average molecular weight is 294 g/mol. The summed E-state index contributed by atoms with van der Waals surface area (Å²) in [5.74, 6) is 0.398. The first kappa shape index (κ1) is 15.7. The van der Waals surface area contributed by atoms with Crippen molar-refractivity contribution in [2.45, 2.75) is 53.2 Å². The van der Waals surface area contributed by atoms with Crippen LogP contribution in [0, 0.1) is 19.8 Å². The number of hydrogen-bond acceptors (Lipinski definition) is 4. The van der Waals surface area contributed by atoms with Gasteiger partial charge in [0.1, 0.15) is 5.60 Å². The minimum Gasteiger partial charge on any atom is -0.444 e. The Hall–Kier alpha value is -1.72. The second kappa shape index (κ2) is 5.58. The van der Waals surface area contributed by atoms with Crippen LogP contribution in [0.2, 0.25) is 0 Å². The summed E-state index contributed by atoms with van der Waals surface area (Å²) in [7, 11) is 0. The Kier molecular flexibility index (Phi) is 4.16. The summed E-state index contributed by atoms with van der Waals surface area (Å²) >= 11 is 0. The summed E-state index contributed by atoms with van der Waals surface area (Å²) in [6.07, 6.45) is 0.746. The molecular formula is C15H26N4O2. The maximum atomic E-state index is 12.0. The van der Waals surface area contributed by atoms with Crippen molar-refractivity contribution < 1.29 is 9.53 Å². The molecule has 1 saturated heterocycles. The molecule has 0 saturated carbocycles. The molecule has 1 aliphatic heterocycles. The van der Waals surface area contributed by atoms with Gasteiger partial charge in [0.25, 0.3) is 0 Å². The molecule has 6 nitrogen and oxygen atoms in total. The molecule has 1 unspecified atom stereocenters. The van der Waals surface area contributed by atoms with Crippen LogP contribution in [-0.2, 0) is 11.3 Å². The van der Waals surface area contributed by atoms with Gasteiger partial charge in [0, 0.05) is 19.6 Å². The molecule has 118 valence electrons. The molecule has 0 aromatic carbocycles. The lowest BCUT2D eigenvalue weighted by Crippen LogP contribution is -2.35. The first-order valence-corrected chi connectivity index (χ1v) is 7.45. The summed E-state index contributed by atoms with van der Waals surface area (Å²) in [5.41, 5.74) is 8.14. The van der Waals surface area contributed by atoms with Gasteiger partial charge in [-0.1, -0.05) is 0 Å². The van der Waals surface area contributed by atoms with E-state index in [1.165, 1.54) is 0 Å². The minimum absolute atomic E-state index is 0.224. The van der Waals surface area contributed by atoms with Crippen molar-refractivity contribution in [2.75, 3.05) is 18.8 Å².